The van der Waals surface area contributed by atoms with Crippen LogP contribution >= 0.6 is 15.9 Å². The molecule has 1 N–H and O–H groups in total. The zero-order chi connectivity index (χ0) is 13.5. The van der Waals surface area contributed by atoms with E-state index < -0.39 is 0 Å². The summed E-state index contributed by atoms with van der Waals surface area (Å²) >= 11 is 3.45. The molecule has 0 spiro atoms. The van der Waals surface area contributed by atoms with Gasteiger partial charge < -0.3 is 9.72 Å². The minimum Gasteiger partial charge on any atom is -0.364 e. The Bertz CT molecular complexity index is 755. The third-order valence-electron chi connectivity index (χ3n) is 3.74. The number of hydrogen-bond acceptors (Lipinski definition) is 3. The fourth-order valence-electron chi connectivity index (χ4n) is 2.85. The van der Waals surface area contributed by atoms with Gasteiger partial charge in [-0.05, 0) is 39.9 Å². The number of imidazole rings is 1. The summed E-state index contributed by atoms with van der Waals surface area (Å²) in [7, 11) is 0. The van der Waals surface area contributed by atoms with Crippen LogP contribution in [0.1, 0.15) is 11.1 Å². The molecule has 1 aromatic carbocycles. The summed E-state index contributed by atoms with van der Waals surface area (Å²) in [5.74, 6) is 0.835. The predicted octanol–water partition coefficient (Wildman–Crippen LogP) is 3.07. The van der Waals surface area contributed by atoms with Crippen molar-refractivity contribution < 1.29 is 0 Å². The van der Waals surface area contributed by atoms with E-state index in [-0.39, 0.29) is 0 Å². The monoisotopic (exact) mass is 328 g/mol. The van der Waals surface area contributed by atoms with Gasteiger partial charge in [-0.15, -0.1) is 0 Å². The summed E-state index contributed by atoms with van der Waals surface area (Å²) < 4.78 is 2.78. The quantitative estimate of drug-likeness (QED) is 0.786. The molecule has 20 heavy (non-hydrogen) atoms. The topological polar surface area (TPSA) is 42.2 Å². The smallest absolute Gasteiger partial charge is 0.180 e. The van der Waals surface area contributed by atoms with E-state index in [2.05, 4.69) is 55.5 Å². The van der Waals surface area contributed by atoms with Gasteiger partial charge in [0.25, 0.3) is 0 Å². The van der Waals surface area contributed by atoms with Crippen molar-refractivity contribution >= 4 is 27.4 Å². The molecule has 2 heterocycles. The van der Waals surface area contributed by atoms with Gasteiger partial charge in [0, 0.05) is 24.6 Å². The number of benzene rings is 1. The molecule has 1 aliphatic rings. The lowest BCUT2D eigenvalue weighted by Gasteiger charge is -2.13. The summed E-state index contributed by atoms with van der Waals surface area (Å²) in [4.78, 5) is 8.89. The molecule has 0 saturated carbocycles. The number of halogens is 1. The fourth-order valence-corrected chi connectivity index (χ4v) is 3.25. The number of rotatable bonds is 2. The van der Waals surface area contributed by atoms with Gasteiger partial charge in [0.1, 0.15) is 4.60 Å². The first-order valence-corrected chi connectivity index (χ1v) is 7.41. The summed E-state index contributed by atoms with van der Waals surface area (Å²) in [5.41, 5.74) is 3.72. The SMILES string of the molecule is Brc1cn2ccnc2c(NC2Cc3ccccc3C2)n1. The maximum absolute atomic E-state index is 4.52. The molecule has 0 atom stereocenters. The molecule has 3 aromatic rings. The standard InChI is InChI=1S/C15H13BrN4/c16-13-9-20-6-5-17-15(20)14(19-13)18-12-7-10-3-1-2-4-11(10)8-12/h1-6,9,12H,7-8H2,(H,18,19). The summed E-state index contributed by atoms with van der Waals surface area (Å²) in [6.45, 7) is 0. The minimum atomic E-state index is 0.384. The summed E-state index contributed by atoms with van der Waals surface area (Å²) in [6, 6.07) is 9.00. The van der Waals surface area contributed by atoms with Gasteiger partial charge in [-0.2, -0.15) is 0 Å². The molecule has 4 rings (SSSR count). The Labute approximate surface area is 125 Å². The van der Waals surface area contributed by atoms with Crippen molar-refractivity contribution in [3.05, 3.63) is 58.6 Å². The molecule has 5 heteroatoms. The highest BCUT2D eigenvalue weighted by atomic mass is 79.9. The van der Waals surface area contributed by atoms with Crippen molar-refractivity contribution in [2.24, 2.45) is 0 Å². The zero-order valence-corrected chi connectivity index (χ0v) is 12.3. The summed E-state index contributed by atoms with van der Waals surface area (Å²) in [5, 5.41) is 3.53. The maximum Gasteiger partial charge on any atom is 0.180 e. The Kier molecular flexibility index (Phi) is 2.73. The van der Waals surface area contributed by atoms with Gasteiger partial charge in [0.2, 0.25) is 0 Å². The molecule has 1 aliphatic carbocycles. The molecule has 2 aromatic heterocycles. The van der Waals surface area contributed by atoms with Crippen molar-refractivity contribution in [1.82, 2.24) is 14.4 Å². The largest absolute Gasteiger partial charge is 0.364 e. The Balaban J connectivity index is 1.65. The number of fused-ring (bicyclic) bond motifs is 2. The van der Waals surface area contributed by atoms with Crippen molar-refractivity contribution in [3.8, 4) is 0 Å². The predicted molar refractivity (Wildman–Crippen MR) is 81.9 cm³/mol. The molecule has 4 nitrogen and oxygen atoms in total. The van der Waals surface area contributed by atoms with Crippen molar-refractivity contribution in [2.45, 2.75) is 18.9 Å². The third-order valence-corrected chi connectivity index (χ3v) is 4.12. The number of anilines is 1. The molecule has 0 aliphatic heterocycles. The van der Waals surface area contributed by atoms with Crippen molar-refractivity contribution in [1.29, 1.82) is 0 Å². The first-order chi connectivity index (χ1) is 9.79. The number of nitrogens with one attached hydrogen (secondary N) is 1. The van der Waals surface area contributed by atoms with Gasteiger partial charge in [0.15, 0.2) is 11.5 Å². The van der Waals surface area contributed by atoms with Crippen LogP contribution in [-0.2, 0) is 12.8 Å². The molecule has 0 amide bonds. The molecule has 0 radical (unpaired) electrons. The van der Waals surface area contributed by atoms with Crippen LogP contribution in [0.5, 0.6) is 0 Å². The van der Waals surface area contributed by atoms with E-state index in [0.29, 0.717) is 6.04 Å². The van der Waals surface area contributed by atoms with Gasteiger partial charge in [-0.1, -0.05) is 24.3 Å². The first-order valence-electron chi connectivity index (χ1n) is 6.62. The van der Waals surface area contributed by atoms with Crippen LogP contribution in [0.4, 0.5) is 5.82 Å². The number of aromatic nitrogens is 3. The Morgan fingerprint density at radius 2 is 1.95 bits per heavy atom. The lowest BCUT2D eigenvalue weighted by molar-refractivity contribution is 0.768. The van der Waals surface area contributed by atoms with Crippen LogP contribution in [0, 0.1) is 0 Å². The van der Waals surface area contributed by atoms with E-state index in [0.717, 1.165) is 28.9 Å². The normalized spacial score (nSPS) is 14.7. The van der Waals surface area contributed by atoms with Crippen LogP contribution in [0.2, 0.25) is 0 Å². The second-order valence-electron chi connectivity index (χ2n) is 5.09. The average molecular weight is 329 g/mol. The maximum atomic E-state index is 4.52. The minimum absolute atomic E-state index is 0.384. The Hall–Kier alpha value is -1.88. The lowest BCUT2D eigenvalue weighted by Crippen LogP contribution is -2.21. The molecule has 0 fully saturated rings. The van der Waals surface area contributed by atoms with E-state index >= 15 is 0 Å². The lowest BCUT2D eigenvalue weighted by atomic mass is 10.1. The highest BCUT2D eigenvalue weighted by Crippen LogP contribution is 2.25. The van der Waals surface area contributed by atoms with Crippen molar-refractivity contribution in [3.63, 3.8) is 0 Å². The average Bonchev–Trinajstić information content (AvgIpc) is 3.03. The van der Waals surface area contributed by atoms with E-state index in [1.807, 2.05) is 16.8 Å². The number of nitrogens with zero attached hydrogens (tertiary/aromatic N) is 3. The molecule has 0 unspecified atom stereocenters. The highest BCUT2D eigenvalue weighted by Gasteiger charge is 2.22. The molecule has 0 saturated heterocycles. The van der Waals surface area contributed by atoms with Crippen LogP contribution in [0.15, 0.2) is 47.5 Å². The zero-order valence-electron chi connectivity index (χ0n) is 10.8. The second-order valence-corrected chi connectivity index (χ2v) is 5.90. The van der Waals surface area contributed by atoms with Crippen molar-refractivity contribution in [2.75, 3.05) is 5.32 Å². The number of hydrogen-bond donors (Lipinski definition) is 1. The van der Waals surface area contributed by atoms with Crippen LogP contribution in [0.25, 0.3) is 5.65 Å². The first kappa shape index (κ1) is 11.9. The fraction of sp³-hybridized carbons (Fsp3) is 0.200. The van der Waals surface area contributed by atoms with Gasteiger partial charge in [-0.25, -0.2) is 9.97 Å². The van der Waals surface area contributed by atoms with Gasteiger partial charge in [-0.3, -0.25) is 0 Å². The van der Waals surface area contributed by atoms with E-state index in [9.17, 15) is 0 Å². The van der Waals surface area contributed by atoms with E-state index in [4.69, 9.17) is 0 Å². The molecular weight excluding hydrogens is 316 g/mol. The van der Waals surface area contributed by atoms with Crippen LogP contribution < -0.4 is 5.32 Å². The highest BCUT2D eigenvalue weighted by molar-refractivity contribution is 9.10. The van der Waals surface area contributed by atoms with E-state index in [1.165, 1.54) is 11.1 Å². The molecule has 100 valence electrons. The second kappa shape index (κ2) is 4.59. The molecule has 0 bridgehead atoms. The summed E-state index contributed by atoms with van der Waals surface area (Å²) in [6.07, 6.45) is 7.71. The Morgan fingerprint density at radius 3 is 2.70 bits per heavy atom. The van der Waals surface area contributed by atoms with Crippen LogP contribution in [0.3, 0.4) is 0 Å². The van der Waals surface area contributed by atoms with Gasteiger partial charge >= 0.3 is 0 Å². The van der Waals surface area contributed by atoms with Gasteiger partial charge in [0.05, 0.1) is 0 Å². The Morgan fingerprint density at radius 1 is 1.20 bits per heavy atom. The molecular formula is C15H13BrN4. The van der Waals surface area contributed by atoms with E-state index in [1.54, 1.807) is 6.20 Å². The van der Waals surface area contributed by atoms with Crippen LogP contribution in [-0.4, -0.2) is 20.4 Å². The third kappa shape index (κ3) is 1.98.